The van der Waals surface area contributed by atoms with Gasteiger partial charge in [-0.15, -0.1) is 0 Å². The number of benzene rings is 2. The highest BCUT2D eigenvalue weighted by molar-refractivity contribution is 6.31. The molecule has 0 heterocycles. The summed E-state index contributed by atoms with van der Waals surface area (Å²) >= 11 is 5.93. The summed E-state index contributed by atoms with van der Waals surface area (Å²) in [6, 6.07) is 11.4. The normalized spacial score (nSPS) is 10.2. The van der Waals surface area contributed by atoms with E-state index in [0.29, 0.717) is 21.9 Å². The van der Waals surface area contributed by atoms with Crippen LogP contribution in [0.2, 0.25) is 5.02 Å². The third kappa shape index (κ3) is 3.41. The SMILES string of the molecule is COc1ccccc1C(=O)c1cc(Cl)ccc1CC(=O)O. The summed E-state index contributed by atoms with van der Waals surface area (Å²) in [5, 5.41) is 9.32. The van der Waals surface area contributed by atoms with Gasteiger partial charge in [0.05, 0.1) is 19.1 Å². The summed E-state index contributed by atoms with van der Waals surface area (Å²) in [4.78, 5) is 23.6. The minimum atomic E-state index is -1.01. The van der Waals surface area contributed by atoms with E-state index in [9.17, 15) is 9.59 Å². The molecule has 0 amide bonds. The summed E-state index contributed by atoms with van der Waals surface area (Å²) in [7, 11) is 1.47. The quantitative estimate of drug-likeness (QED) is 0.862. The van der Waals surface area contributed by atoms with Crippen LogP contribution in [0.3, 0.4) is 0 Å². The average molecular weight is 305 g/mol. The van der Waals surface area contributed by atoms with Gasteiger partial charge < -0.3 is 9.84 Å². The molecule has 4 nitrogen and oxygen atoms in total. The molecule has 1 N–H and O–H groups in total. The summed E-state index contributed by atoms with van der Waals surface area (Å²) < 4.78 is 5.17. The van der Waals surface area contributed by atoms with Crippen molar-refractivity contribution in [2.75, 3.05) is 7.11 Å². The Morgan fingerprint density at radius 3 is 2.52 bits per heavy atom. The monoisotopic (exact) mass is 304 g/mol. The van der Waals surface area contributed by atoms with Gasteiger partial charge >= 0.3 is 5.97 Å². The molecule has 0 atom stereocenters. The number of ether oxygens (including phenoxy) is 1. The van der Waals surface area contributed by atoms with Crippen molar-refractivity contribution in [3.8, 4) is 5.75 Å². The van der Waals surface area contributed by atoms with Crippen LogP contribution in [0.5, 0.6) is 5.75 Å². The van der Waals surface area contributed by atoms with E-state index in [4.69, 9.17) is 21.4 Å². The Hall–Kier alpha value is -2.33. The third-order valence-electron chi connectivity index (χ3n) is 3.01. The highest BCUT2D eigenvalue weighted by Gasteiger charge is 2.19. The number of halogens is 1. The molecule has 0 bridgehead atoms. The van der Waals surface area contributed by atoms with E-state index in [0.717, 1.165) is 0 Å². The molecular weight excluding hydrogens is 292 g/mol. The number of hydrogen-bond acceptors (Lipinski definition) is 3. The molecule has 0 radical (unpaired) electrons. The highest BCUT2D eigenvalue weighted by Crippen LogP contribution is 2.25. The molecule has 0 aliphatic carbocycles. The number of carboxylic acids is 1. The lowest BCUT2D eigenvalue weighted by molar-refractivity contribution is -0.136. The van der Waals surface area contributed by atoms with Gasteiger partial charge in [-0.1, -0.05) is 29.8 Å². The summed E-state index contributed by atoms with van der Waals surface area (Å²) in [6.07, 6.45) is -0.243. The zero-order chi connectivity index (χ0) is 15.4. The molecule has 0 aliphatic rings. The van der Waals surface area contributed by atoms with Crippen LogP contribution >= 0.6 is 11.6 Å². The fourth-order valence-corrected chi connectivity index (χ4v) is 2.23. The Morgan fingerprint density at radius 2 is 1.86 bits per heavy atom. The predicted octanol–water partition coefficient (Wildman–Crippen LogP) is 3.21. The second-order valence-electron chi connectivity index (χ2n) is 4.40. The standard InChI is InChI=1S/C16H13ClO4/c1-21-14-5-3-2-4-12(14)16(20)13-9-11(17)7-6-10(13)8-15(18)19/h2-7,9H,8H2,1H3,(H,18,19). The van der Waals surface area contributed by atoms with Crippen LogP contribution in [0.15, 0.2) is 42.5 Å². The first-order valence-corrected chi connectivity index (χ1v) is 6.58. The second kappa shape index (κ2) is 6.41. The van der Waals surface area contributed by atoms with E-state index in [1.165, 1.54) is 13.2 Å². The van der Waals surface area contributed by atoms with Gasteiger partial charge in [-0.2, -0.15) is 0 Å². The molecule has 0 spiro atoms. The second-order valence-corrected chi connectivity index (χ2v) is 4.84. The molecule has 108 valence electrons. The minimum Gasteiger partial charge on any atom is -0.496 e. The Kier molecular flexibility index (Phi) is 4.60. The van der Waals surface area contributed by atoms with Crippen molar-refractivity contribution < 1.29 is 19.4 Å². The molecule has 0 unspecified atom stereocenters. The molecule has 0 saturated carbocycles. The maximum Gasteiger partial charge on any atom is 0.307 e. The van der Waals surface area contributed by atoms with Crippen molar-refractivity contribution in [3.05, 3.63) is 64.2 Å². The largest absolute Gasteiger partial charge is 0.496 e. The number of carbonyl (C=O) groups excluding carboxylic acids is 1. The van der Waals surface area contributed by atoms with Gasteiger partial charge in [-0.05, 0) is 29.8 Å². The van der Waals surface area contributed by atoms with Gasteiger partial charge in [-0.3, -0.25) is 9.59 Å². The number of carbonyl (C=O) groups is 2. The van der Waals surface area contributed by atoms with Crippen molar-refractivity contribution >= 4 is 23.4 Å². The van der Waals surface area contributed by atoms with Crippen LogP contribution in [0, 0.1) is 0 Å². The van der Waals surface area contributed by atoms with Gasteiger partial charge in [0.1, 0.15) is 5.75 Å². The zero-order valence-corrected chi connectivity index (χ0v) is 12.1. The Balaban J connectivity index is 2.52. The van der Waals surface area contributed by atoms with Gasteiger partial charge in [0, 0.05) is 10.6 Å². The predicted molar refractivity (Wildman–Crippen MR) is 79.2 cm³/mol. The van der Waals surface area contributed by atoms with Crippen LogP contribution in [0.1, 0.15) is 21.5 Å². The molecule has 5 heteroatoms. The van der Waals surface area contributed by atoms with E-state index in [-0.39, 0.29) is 17.8 Å². The number of hydrogen-bond donors (Lipinski definition) is 1. The minimum absolute atomic E-state index is 0.243. The number of carboxylic acid groups (broad SMARTS) is 1. The van der Waals surface area contributed by atoms with E-state index in [1.807, 2.05) is 0 Å². The van der Waals surface area contributed by atoms with Gasteiger partial charge in [-0.25, -0.2) is 0 Å². The fourth-order valence-electron chi connectivity index (χ4n) is 2.05. The smallest absolute Gasteiger partial charge is 0.307 e. The molecule has 2 rings (SSSR count). The number of rotatable bonds is 5. The summed E-state index contributed by atoms with van der Waals surface area (Å²) in [5.41, 5.74) is 1.06. The van der Waals surface area contributed by atoms with Crippen LogP contribution in [0.4, 0.5) is 0 Å². The topological polar surface area (TPSA) is 63.6 Å². The lowest BCUT2D eigenvalue weighted by Gasteiger charge is -2.10. The third-order valence-corrected chi connectivity index (χ3v) is 3.24. The molecule has 0 aromatic heterocycles. The van der Waals surface area contributed by atoms with Gasteiger partial charge in [0.25, 0.3) is 0 Å². The lowest BCUT2D eigenvalue weighted by atomic mass is 9.96. The van der Waals surface area contributed by atoms with E-state index < -0.39 is 5.97 Å². The van der Waals surface area contributed by atoms with Crippen LogP contribution in [0.25, 0.3) is 0 Å². The Labute approximate surface area is 126 Å². The van der Waals surface area contributed by atoms with Crippen LogP contribution < -0.4 is 4.74 Å². The first-order valence-electron chi connectivity index (χ1n) is 6.21. The van der Waals surface area contributed by atoms with Crippen LogP contribution in [-0.2, 0) is 11.2 Å². The maximum absolute atomic E-state index is 12.6. The number of para-hydroxylation sites is 1. The first-order chi connectivity index (χ1) is 10.0. The lowest BCUT2D eigenvalue weighted by Crippen LogP contribution is -2.10. The highest BCUT2D eigenvalue weighted by atomic mass is 35.5. The van der Waals surface area contributed by atoms with Gasteiger partial charge in [0.15, 0.2) is 5.78 Å². The number of aliphatic carboxylic acids is 1. The molecule has 2 aromatic carbocycles. The van der Waals surface area contributed by atoms with E-state index in [2.05, 4.69) is 0 Å². The number of methoxy groups -OCH3 is 1. The Bertz CT molecular complexity index is 694. The van der Waals surface area contributed by atoms with Crippen molar-refractivity contribution in [1.29, 1.82) is 0 Å². The van der Waals surface area contributed by atoms with Crippen molar-refractivity contribution in [3.63, 3.8) is 0 Å². The average Bonchev–Trinajstić information content (AvgIpc) is 2.48. The fraction of sp³-hybridized carbons (Fsp3) is 0.125. The van der Waals surface area contributed by atoms with Crippen LogP contribution in [-0.4, -0.2) is 24.0 Å². The van der Waals surface area contributed by atoms with E-state index in [1.54, 1.807) is 36.4 Å². The molecule has 2 aromatic rings. The van der Waals surface area contributed by atoms with Crippen molar-refractivity contribution in [1.82, 2.24) is 0 Å². The summed E-state index contributed by atoms with van der Waals surface area (Å²) in [5.74, 6) is -0.888. The van der Waals surface area contributed by atoms with E-state index >= 15 is 0 Å². The molecule has 0 aliphatic heterocycles. The molecule has 0 fully saturated rings. The Morgan fingerprint density at radius 1 is 1.14 bits per heavy atom. The maximum atomic E-state index is 12.6. The first kappa shape index (κ1) is 15.1. The van der Waals surface area contributed by atoms with Crippen molar-refractivity contribution in [2.45, 2.75) is 6.42 Å². The van der Waals surface area contributed by atoms with Gasteiger partial charge in [0.2, 0.25) is 0 Å². The molecular formula is C16H13ClO4. The van der Waals surface area contributed by atoms with Crippen molar-refractivity contribution in [2.24, 2.45) is 0 Å². The zero-order valence-electron chi connectivity index (χ0n) is 11.3. The molecule has 0 saturated heterocycles. The summed E-state index contributed by atoms with van der Waals surface area (Å²) in [6.45, 7) is 0. The number of ketones is 1. The molecule has 21 heavy (non-hydrogen) atoms.